The Morgan fingerprint density at radius 1 is 1.67 bits per heavy atom. The van der Waals surface area contributed by atoms with Crippen molar-refractivity contribution in [3.8, 4) is 0 Å². The van der Waals surface area contributed by atoms with Crippen LogP contribution in [0.3, 0.4) is 0 Å². The largest absolute Gasteiger partial charge is 0.467 e. The molecule has 0 aromatic carbocycles. The number of amides is 2. The van der Waals surface area contributed by atoms with E-state index in [1.165, 1.54) is 0 Å². The first-order valence-electron chi connectivity index (χ1n) is 4.85. The van der Waals surface area contributed by atoms with Crippen LogP contribution in [0.1, 0.15) is 18.6 Å². The molecule has 0 saturated carbocycles. The molecular weight excluding hydrogens is 196 g/mol. The number of hydrogen-bond donors (Lipinski definition) is 2. The van der Waals surface area contributed by atoms with Crippen molar-refractivity contribution in [2.75, 3.05) is 0 Å². The van der Waals surface area contributed by atoms with Gasteiger partial charge in [-0.05, 0) is 18.6 Å². The molecule has 1 fully saturated rings. The fraction of sp³-hybridized carbons (Fsp3) is 0.400. The molecule has 1 saturated heterocycles. The zero-order valence-corrected chi connectivity index (χ0v) is 8.16. The molecule has 0 unspecified atom stereocenters. The maximum absolute atomic E-state index is 11.5. The first-order chi connectivity index (χ1) is 7.25. The Kier molecular flexibility index (Phi) is 2.71. The minimum Gasteiger partial charge on any atom is -0.467 e. The molecule has 2 heterocycles. The van der Waals surface area contributed by atoms with Crippen LogP contribution in [-0.4, -0.2) is 17.9 Å². The molecule has 2 rings (SSSR count). The molecule has 2 amide bonds. The van der Waals surface area contributed by atoms with Crippen LogP contribution in [0.4, 0.5) is 0 Å². The highest BCUT2D eigenvalue weighted by molar-refractivity contribution is 5.90. The third-order valence-electron chi connectivity index (χ3n) is 2.33. The lowest BCUT2D eigenvalue weighted by Crippen LogP contribution is -2.41. The number of nitrogens with one attached hydrogen (secondary N) is 2. The van der Waals surface area contributed by atoms with Gasteiger partial charge in [-0.3, -0.25) is 9.59 Å². The topological polar surface area (TPSA) is 71.3 Å². The predicted molar refractivity (Wildman–Crippen MR) is 51.7 cm³/mol. The molecule has 0 aliphatic carbocycles. The van der Waals surface area contributed by atoms with Crippen LogP contribution in [0, 0.1) is 0 Å². The van der Waals surface area contributed by atoms with Crippen molar-refractivity contribution in [3.05, 3.63) is 24.2 Å². The van der Waals surface area contributed by atoms with Gasteiger partial charge in [0.25, 0.3) is 0 Å². The SMILES string of the molecule is O=C1CC[C@H](C(=O)NCc2ccco2)N1. The summed E-state index contributed by atoms with van der Waals surface area (Å²) in [6.07, 6.45) is 2.56. The van der Waals surface area contributed by atoms with Gasteiger partial charge in [0.15, 0.2) is 0 Å². The van der Waals surface area contributed by atoms with Crippen molar-refractivity contribution in [2.45, 2.75) is 25.4 Å². The molecule has 1 aliphatic rings. The van der Waals surface area contributed by atoms with Gasteiger partial charge in [-0.15, -0.1) is 0 Å². The van der Waals surface area contributed by atoms with Crippen molar-refractivity contribution in [1.82, 2.24) is 10.6 Å². The summed E-state index contributed by atoms with van der Waals surface area (Å²) in [5.74, 6) is 0.484. The van der Waals surface area contributed by atoms with Crippen LogP contribution in [0.5, 0.6) is 0 Å². The van der Waals surface area contributed by atoms with E-state index in [-0.39, 0.29) is 17.9 Å². The van der Waals surface area contributed by atoms with Crippen molar-refractivity contribution >= 4 is 11.8 Å². The Morgan fingerprint density at radius 3 is 3.13 bits per heavy atom. The van der Waals surface area contributed by atoms with Crippen molar-refractivity contribution in [2.24, 2.45) is 0 Å². The van der Waals surface area contributed by atoms with Crippen LogP contribution < -0.4 is 10.6 Å². The Morgan fingerprint density at radius 2 is 2.53 bits per heavy atom. The number of carbonyl (C=O) groups excluding carboxylic acids is 2. The summed E-state index contributed by atoms with van der Waals surface area (Å²) in [4.78, 5) is 22.4. The van der Waals surface area contributed by atoms with E-state index in [0.717, 1.165) is 0 Å². The number of hydrogen-bond acceptors (Lipinski definition) is 3. The Labute approximate surface area is 86.8 Å². The molecule has 1 aliphatic heterocycles. The molecule has 0 radical (unpaired) electrons. The average molecular weight is 208 g/mol. The van der Waals surface area contributed by atoms with Gasteiger partial charge in [0.1, 0.15) is 11.8 Å². The van der Waals surface area contributed by atoms with Gasteiger partial charge in [-0.2, -0.15) is 0 Å². The molecule has 1 atom stereocenters. The zero-order chi connectivity index (χ0) is 10.7. The van der Waals surface area contributed by atoms with E-state index in [2.05, 4.69) is 10.6 Å². The summed E-state index contributed by atoms with van der Waals surface area (Å²) in [6, 6.07) is 3.17. The van der Waals surface area contributed by atoms with Gasteiger partial charge in [0.05, 0.1) is 12.8 Å². The lowest BCUT2D eigenvalue weighted by molar-refractivity contribution is -0.125. The minimum atomic E-state index is -0.382. The van der Waals surface area contributed by atoms with E-state index < -0.39 is 0 Å². The second kappa shape index (κ2) is 4.16. The number of rotatable bonds is 3. The average Bonchev–Trinajstić information content (AvgIpc) is 2.84. The molecule has 0 spiro atoms. The predicted octanol–water partition coefficient (Wildman–Crippen LogP) is 0.174. The number of carbonyl (C=O) groups is 2. The lowest BCUT2D eigenvalue weighted by Gasteiger charge is -2.09. The quantitative estimate of drug-likeness (QED) is 0.744. The highest BCUT2D eigenvalue weighted by Crippen LogP contribution is 2.07. The first-order valence-corrected chi connectivity index (χ1v) is 4.85. The summed E-state index contributed by atoms with van der Waals surface area (Å²) in [5.41, 5.74) is 0. The standard InChI is InChI=1S/C10H12N2O3/c13-9-4-3-8(12-9)10(14)11-6-7-2-1-5-15-7/h1-2,5,8H,3-4,6H2,(H,11,14)(H,12,13)/t8-/m1/s1. The molecule has 80 valence electrons. The normalized spacial score (nSPS) is 20.0. The lowest BCUT2D eigenvalue weighted by atomic mass is 10.2. The van der Waals surface area contributed by atoms with E-state index in [9.17, 15) is 9.59 Å². The summed E-state index contributed by atoms with van der Waals surface area (Å²) >= 11 is 0. The van der Waals surface area contributed by atoms with Crippen LogP contribution >= 0.6 is 0 Å². The van der Waals surface area contributed by atoms with E-state index in [0.29, 0.717) is 25.1 Å². The van der Waals surface area contributed by atoms with E-state index in [4.69, 9.17) is 4.42 Å². The number of furan rings is 1. The maximum atomic E-state index is 11.5. The van der Waals surface area contributed by atoms with Crippen molar-refractivity contribution < 1.29 is 14.0 Å². The second-order valence-electron chi connectivity index (χ2n) is 3.46. The van der Waals surface area contributed by atoms with E-state index in [1.807, 2.05) is 0 Å². The molecule has 15 heavy (non-hydrogen) atoms. The summed E-state index contributed by atoms with van der Waals surface area (Å²) in [5, 5.41) is 5.30. The highest BCUT2D eigenvalue weighted by Gasteiger charge is 2.26. The third kappa shape index (κ3) is 2.37. The first kappa shape index (κ1) is 9.76. The fourth-order valence-corrected chi connectivity index (χ4v) is 1.52. The Balaban J connectivity index is 1.80. The molecule has 5 nitrogen and oxygen atoms in total. The molecule has 5 heteroatoms. The van der Waals surface area contributed by atoms with Crippen molar-refractivity contribution in [1.29, 1.82) is 0 Å². The second-order valence-corrected chi connectivity index (χ2v) is 3.46. The third-order valence-corrected chi connectivity index (χ3v) is 2.33. The van der Waals surface area contributed by atoms with Gasteiger partial charge in [0, 0.05) is 6.42 Å². The summed E-state index contributed by atoms with van der Waals surface area (Å²) < 4.78 is 5.07. The van der Waals surface area contributed by atoms with Crippen LogP contribution in [0.15, 0.2) is 22.8 Å². The van der Waals surface area contributed by atoms with Gasteiger partial charge < -0.3 is 15.1 Å². The summed E-state index contributed by atoms with van der Waals surface area (Å²) in [6.45, 7) is 0.359. The molecule has 1 aromatic heterocycles. The summed E-state index contributed by atoms with van der Waals surface area (Å²) in [7, 11) is 0. The smallest absolute Gasteiger partial charge is 0.242 e. The van der Waals surface area contributed by atoms with E-state index >= 15 is 0 Å². The van der Waals surface area contributed by atoms with Crippen LogP contribution in [-0.2, 0) is 16.1 Å². The van der Waals surface area contributed by atoms with Gasteiger partial charge in [0.2, 0.25) is 11.8 Å². The monoisotopic (exact) mass is 208 g/mol. The minimum absolute atomic E-state index is 0.0619. The Hall–Kier alpha value is -1.78. The van der Waals surface area contributed by atoms with E-state index in [1.54, 1.807) is 18.4 Å². The van der Waals surface area contributed by atoms with Gasteiger partial charge >= 0.3 is 0 Å². The van der Waals surface area contributed by atoms with Gasteiger partial charge in [-0.25, -0.2) is 0 Å². The Bertz CT molecular complexity index is 359. The maximum Gasteiger partial charge on any atom is 0.242 e. The molecular formula is C10H12N2O3. The van der Waals surface area contributed by atoms with Crippen molar-refractivity contribution in [3.63, 3.8) is 0 Å². The molecule has 2 N–H and O–H groups in total. The van der Waals surface area contributed by atoms with Crippen LogP contribution in [0.25, 0.3) is 0 Å². The fourth-order valence-electron chi connectivity index (χ4n) is 1.52. The molecule has 1 aromatic rings. The molecule has 0 bridgehead atoms. The van der Waals surface area contributed by atoms with Crippen LogP contribution in [0.2, 0.25) is 0 Å². The highest BCUT2D eigenvalue weighted by atomic mass is 16.3. The zero-order valence-electron chi connectivity index (χ0n) is 8.16. The van der Waals surface area contributed by atoms with Gasteiger partial charge in [-0.1, -0.05) is 0 Å².